The van der Waals surface area contributed by atoms with E-state index in [1.54, 1.807) is 6.92 Å². The van der Waals surface area contributed by atoms with E-state index in [9.17, 15) is 23.5 Å². The van der Waals surface area contributed by atoms with Crippen LogP contribution in [0.5, 0.6) is 0 Å². The van der Waals surface area contributed by atoms with Gasteiger partial charge in [0, 0.05) is 37.9 Å². The van der Waals surface area contributed by atoms with Crippen molar-refractivity contribution in [1.82, 2.24) is 9.80 Å². The summed E-state index contributed by atoms with van der Waals surface area (Å²) in [5.74, 6) is -3.90. The second-order valence-electron chi connectivity index (χ2n) is 5.57. The number of halogens is 2. The number of carboxylic acid groups (broad SMARTS) is 1. The molecule has 2 amide bonds. The Kier molecular flexibility index (Phi) is 3.86. The minimum absolute atomic E-state index is 0.00184. The molecule has 0 aromatic carbocycles. The Balaban J connectivity index is 2.04. The molecule has 0 aromatic rings. The summed E-state index contributed by atoms with van der Waals surface area (Å²) in [7, 11) is 0. The number of alkyl halides is 2. The summed E-state index contributed by atoms with van der Waals surface area (Å²) >= 11 is 0. The summed E-state index contributed by atoms with van der Waals surface area (Å²) in [5, 5.41) is 18.3. The van der Waals surface area contributed by atoms with Crippen molar-refractivity contribution in [3.05, 3.63) is 0 Å². The maximum Gasteiger partial charge on any atom is 0.407 e. The third-order valence-corrected chi connectivity index (χ3v) is 4.02. The highest BCUT2D eigenvalue weighted by atomic mass is 19.3. The topological polar surface area (TPSA) is 81.1 Å². The average molecular weight is 292 g/mol. The molecule has 6 nitrogen and oxygen atoms in total. The van der Waals surface area contributed by atoms with E-state index in [1.165, 1.54) is 4.90 Å². The van der Waals surface area contributed by atoms with Crippen molar-refractivity contribution in [2.24, 2.45) is 5.92 Å². The van der Waals surface area contributed by atoms with E-state index >= 15 is 0 Å². The van der Waals surface area contributed by atoms with Crippen LogP contribution in [0.4, 0.5) is 13.6 Å². The van der Waals surface area contributed by atoms with E-state index in [-0.39, 0.29) is 19.7 Å². The maximum atomic E-state index is 12.8. The standard InChI is InChI=1S/C12H18F2N2O4/c1-7-4-16(9(6-17)5-15(7)11(19)20)10(18)8-2-12(13,14)3-8/h7-9,17H,2-6H2,1H3,(H,19,20)/t7-,9-/m0/s1. The van der Waals surface area contributed by atoms with Gasteiger partial charge in [0.15, 0.2) is 0 Å². The highest BCUT2D eigenvalue weighted by Gasteiger charge is 2.51. The SMILES string of the molecule is C[C@H]1CN(C(=O)C2CC(F)(F)C2)[C@H](CO)CN1C(=O)O. The van der Waals surface area contributed by atoms with Gasteiger partial charge in [0.2, 0.25) is 11.8 Å². The molecule has 0 aromatic heterocycles. The number of carbonyl (C=O) groups excluding carboxylic acids is 1. The van der Waals surface area contributed by atoms with Crippen LogP contribution in [-0.2, 0) is 4.79 Å². The molecule has 2 aliphatic rings. The Morgan fingerprint density at radius 1 is 1.25 bits per heavy atom. The summed E-state index contributed by atoms with van der Waals surface area (Å²) in [4.78, 5) is 25.7. The van der Waals surface area contributed by atoms with Crippen LogP contribution in [0.1, 0.15) is 19.8 Å². The molecule has 0 radical (unpaired) electrons. The van der Waals surface area contributed by atoms with Gasteiger partial charge < -0.3 is 20.0 Å². The zero-order chi connectivity index (χ0) is 15.1. The fraction of sp³-hybridized carbons (Fsp3) is 0.833. The van der Waals surface area contributed by atoms with Crippen LogP contribution in [0, 0.1) is 5.92 Å². The van der Waals surface area contributed by atoms with E-state index in [4.69, 9.17) is 5.11 Å². The normalized spacial score (nSPS) is 30.0. The van der Waals surface area contributed by atoms with Crippen molar-refractivity contribution in [2.75, 3.05) is 19.7 Å². The summed E-state index contributed by atoms with van der Waals surface area (Å²) in [6.07, 6.45) is -2.03. The van der Waals surface area contributed by atoms with Gasteiger partial charge in [0.25, 0.3) is 0 Å². The van der Waals surface area contributed by atoms with E-state index in [1.807, 2.05) is 0 Å². The number of hydrogen-bond acceptors (Lipinski definition) is 3. The Hall–Kier alpha value is -1.44. The first-order valence-electron chi connectivity index (χ1n) is 6.54. The van der Waals surface area contributed by atoms with E-state index in [0.29, 0.717) is 0 Å². The number of hydrogen-bond donors (Lipinski definition) is 2. The lowest BCUT2D eigenvalue weighted by molar-refractivity contribution is -0.165. The maximum absolute atomic E-state index is 12.8. The molecular formula is C12H18F2N2O4. The number of nitrogens with zero attached hydrogens (tertiary/aromatic N) is 2. The number of rotatable bonds is 2. The Morgan fingerprint density at radius 3 is 2.30 bits per heavy atom. The smallest absolute Gasteiger partial charge is 0.407 e. The molecule has 1 saturated heterocycles. The molecule has 1 aliphatic carbocycles. The predicted octanol–water partition coefficient (Wildman–Crippen LogP) is 0.603. The molecular weight excluding hydrogens is 274 g/mol. The van der Waals surface area contributed by atoms with Crippen LogP contribution in [0.3, 0.4) is 0 Å². The van der Waals surface area contributed by atoms with E-state index in [2.05, 4.69) is 0 Å². The molecule has 0 spiro atoms. The van der Waals surface area contributed by atoms with Gasteiger partial charge in [0.05, 0.1) is 12.6 Å². The molecule has 8 heteroatoms. The molecule has 0 unspecified atom stereocenters. The fourth-order valence-corrected chi connectivity index (χ4v) is 2.80. The predicted molar refractivity (Wildman–Crippen MR) is 64.5 cm³/mol. The van der Waals surface area contributed by atoms with E-state index in [0.717, 1.165) is 4.90 Å². The molecule has 1 aliphatic heterocycles. The molecule has 0 bridgehead atoms. The first-order valence-corrected chi connectivity index (χ1v) is 6.54. The van der Waals surface area contributed by atoms with Crippen LogP contribution in [-0.4, -0.2) is 69.7 Å². The first-order chi connectivity index (χ1) is 9.25. The van der Waals surface area contributed by atoms with Gasteiger partial charge in [0.1, 0.15) is 0 Å². The van der Waals surface area contributed by atoms with Crippen LogP contribution >= 0.6 is 0 Å². The van der Waals surface area contributed by atoms with Crippen LogP contribution in [0.25, 0.3) is 0 Å². The largest absolute Gasteiger partial charge is 0.465 e. The van der Waals surface area contributed by atoms with Gasteiger partial charge >= 0.3 is 6.09 Å². The average Bonchev–Trinajstić information content (AvgIpc) is 2.34. The first kappa shape index (κ1) is 15.0. The van der Waals surface area contributed by atoms with Crippen molar-refractivity contribution in [3.8, 4) is 0 Å². The van der Waals surface area contributed by atoms with Gasteiger partial charge in [-0.2, -0.15) is 0 Å². The lowest BCUT2D eigenvalue weighted by atomic mass is 9.80. The number of amides is 2. The molecule has 2 rings (SSSR count). The van der Waals surface area contributed by atoms with Crippen LogP contribution < -0.4 is 0 Å². The minimum Gasteiger partial charge on any atom is -0.465 e. The third-order valence-electron chi connectivity index (χ3n) is 4.02. The summed E-state index contributed by atoms with van der Waals surface area (Å²) in [6, 6.07) is -1.08. The monoisotopic (exact) mass is 292 g/mol. The quantitative estimate of drug-likeness (QED) is 0.781. The number of aliphatic hydroxyl groups excluding tert-OH is 1. The molecule has 1 saturated carbocycles. The second kappa shape index (κ2) is 5.16. The third kappa shape index (κ3) is 2.70. The lowest BCUT2D eigenvalue weighted by Gasteiger charge is -2.46. The van der Waals surface area contributed by atoms with Crippen molar-refractivity contribution in [1.29, 1.82) is 0 Å². The van der Waals surface area contributed by atoms with E-state index < -0.39 is 48.8 Å². The number of carbonyl (C=O) groups is 2. The molecule has 1 heterocycles. The lowest BCUT2D eigenvalue weighted by Crippen LogP contribution is -2.63. The Bertz CT molecular complexity index is 410. The van der Waals surface area contributed by atoms with Gasteiger partial charge in [-0.3, -0.25) is 4.79 Å². The Morgan fingerprint density at radius 2 is 1.85 bits per heavy atom. The highest BCUT2D eigenvalue weighted by Crippen LogP contribution is 2.43. The van der Waals surface area contributed by atoms with Crippen LogP contribution in [0.15, 0.2) is 0 Å². The zero-order valence-electron chi connectivity index (χ0n) is 11.1. The van der Waals surface area contributed by atoms with Gasteiger partial charge in [-0.25, -0.2) is 13.6 Å². The summed E-state index contributed by atoms with van der Waals surface area (Å²) in [6.45, 7) is 1.39. The van der Waals surface area contributed by atoms with Crippen molar-refractivity contribution < 1.29 is 28.6 Å². The number of aliphatic hydroxyl groups is 1. The fourth-order valence-electron chi connectivity index (χ4n) is 2.80. The van der Waals surface area contributed by atoms with Crippen molar-refractivity contribution >= 4 is 12.0 Å². The van der Waals surface area contributed by atoms with Crippen molar-refractivity contribution in [3.63, 3.8) is 0 Å². The molecule has 20 heavy (non-hydrogen) atoms. The Labute approximate surface area is 115 Å². The van der Waals surface area contributed by atoms with Gasteiger partial charge in [-0.15, -0.1) is 0 Å². The van der Waals surface area contributed by atoms with Crippen LogP contribution in [0.2, 0.25) is 0 Å². The highest BCUT2D eigenvalue weighted by molar-refractivity contribution is 5.81. The van der Waals surface area contributed by atoms with Gasteiger partial charge in [-0.1, -0.05) is 0 Å². The van der Waals surface area contributed by atoms with Crippen molar-refractivity contribution in [2.45, 2.75) is 37.8 Å². The summed E-state index contributed by atoms with van der Waals surface area (Å²) < 4.78 is 25.7. The molecule has 114 valence electrons. The number of piperazine rings is 1. The second-order valence-corrected chi connectivity index (χ2v) is 5.57. The minimum atomic E-state index is -2.77. The summed E-state index contributed by atoms with van der Waals surface area (Å²) in [5.41, 5.74) is 0. The van der Waals surface area contributed by atoms with Gasteiger partial charge in [-0.05, 0) is 6.92 Å². The molecule has 2 fully saturated rings. The molecule has 2 N–H and O–H groups in total. The molecule has 2 atom stereocenters. The zero-order valence-corrected chi connectivity index (χ0v) is 11.1.